The van der Waals surface area contributed by atoms with Crippen LogP contribution in [0.2, 0.25) is 0 Å². The van der Waals surface area contributed by atoms with Crippen molar-refractivity contribution in [3.8, 4) is 0 Å². The molecule has 19 heavy (non-hydrogen) atoms. The van der Waals surface area contributed by atoms with Crippen molar-refractivity contribution in [2.24, 2.45) is 0 Å². The fourth-order valence-electron chi connectivity index (χ4n) is 1.67. The van der Waals surface area contributed by atoms with Crippen LogP contribution in [0.15, 0.2) is 0 Å². The van der Waals surface area contributed by atoms with Crippen molar-refractivity contribution in [3.63, 3.8) is 0 Å². The molecule has 0 amide bonds. The molecule has 0 heterocycles. The highest BCUT2D eigenvalue weighted by atomic mass is 19.4. The monoisotopic (exact) mass is 285 g/mol. The second kappa shape index (κ2) is 8.76. The van der Waals surface area contributed by atoms with E-state index in [1.165, 1.54) is 0 Å². The van der Waals surface area contributed by atoms with E-state index in [0.717, 1.165) is 19.4 Å². The van der Waals surface area contributed by atoms with Crippen LogP contribution in [0.3, 0.4) is 0 Å². The smallest absolute Gasteiger partial charge is 0.379 e. The number of rotatable bonds is 10. The lowest BCUT2D eigenvalue weighted by Crippen LogP contribution is -2.33. The average molecular weight is 285 g/mol. The zero-order chi connectivity index (χ0) is 14.9. The molecule has 0 saturated carbocycles. The number of methoxy groups -OCH3 is 1. The summed E-state index contributed by atoms with van der Waals surface area (Å²) in [4.78, 5) is 0. The van der Waals surface area contributed by atoms with Crippen LogP contribution in [0, 0.1) is 0 Å². The summed E-state index contributed by atoms with van der Waals surface area (Å²) in [6, 6.07) is 0.160. The number of hydrogen-bond donors (Lipinski definition) is 1. The summed E-state index contributed by atoms with van der Waals surface area (Å²) in [6.45, 7) is 5.70. The summed E-state index contributed by atoms with van der Waals surface area (Å²) in [7, 11) is 1.66. The highest BCUT2D eigenvalue weighted by Gasteiger charge is 2.27. The van der Waals surface area contributed by atoms with Crippen LogP contribution in [0.5, 0.6) is 0 Å². The third kappa shape index (κ3) is 11.2. The van der Waals surface area contributed by atoms with Gasteiger partial charge >= 0.3 is 6.18 Å². The van der Waals surface area contributed by atoms with Crippen LogP contribution in [0.25, 0.3) is 0 Å². The first kappa shape index (κ1) is 18.7. The minimum Gasteiger partial charge on any atom is -0.379 e. The van der Waals surface area contributed by atoms with E-state index >= 15 is 0 Å². The first-order chi connectivity index (χ1) is 8.70. The maximum absolute atomic E-state index is 11.9. The van der Waals surface area contributed by atoms with Gasteiger partial charge in [0.1, 0.15) is 6.61 Å². The molecule has 116 valence electrons. The molecule has 0 aliphatic rings. The predicted molar refractivity (Wildman–Crippen MR) is 69.3 cm³/mol. The zero-order valence-corrected chi connectivity index (χ0v) is 12.3. The zero-order valence-electron chi connectivity index (χ0n) is 12.3. The van der Waals surface area contributed by atoms with Crippen molar-refractivity contribution >= 4 is 0 Å². The number of ether oxygens (including phenoxy) is 2. The Morgan fingerprint density at radius 1 is 1.16 bits per heavy atom. The Bertz CT molecular complexity index is 232. The van der Waals surface area contributed by atoms with Crippen molar-refractivity contribution in [1.82, 2.24) is 5.32 Å². The van der Waals surface area contributed by atoms with E-state index in [9.17, 15) is 13.2 Å². The molecule has 0 radical (unpaired) electrons. The van der Waals surface area contributed by atoms with Gasteiger partial charge in [-0.25, -0.2) is 0 Å². The maximum atomic E-state index is 11.9. The van der Waals surface area contributed by atoms with Gasteiger partial charge in [-0.1, -0.05) is 6.92 Å². The normalized spacial score (nSPS) is 14.7. The summed E-state index contributed by atoms with van der Waals surface area (Å²) >= 11 is 0. The Labute approximate surface area is 113 Å². The molecule has 0 rings (SSSR count). The maximum Gasteiger partial charge on any atom is 0.411 e. The van der Waals surface area contributed by atoms with Crippen molar-refractivity contribution in [3.05, 3.63) is 0 Å². The van der Waals surface area contributed by atoms with E-state index in [1.807, 2.05) is 20.8 Å². The quantitative estimate of drug-likeness (QED) is 0.626. The number of hydrogen-bond acceptors (Lipinski definition) is 3. The molecule has 0 bridgehead atoms. The number of alkyl halides is 3. The molecule has 0 fully saturated rings. The molecule has 0 aromatic carbocycles. The average Bonchev–Trinajstić information content (AvgIpc) is 2.30. The Morgan fingerprint density at radius 3 is 2.26 bits per heavy atom. The van der Waals surface area contributed by atoms with Crippen LogP contribution in [-0.4, -0.2) is 44.7 Å². The first-order valence-corrected chi connectivity index (χ1v) is 6.63. The molecule has 1 N–H and O–H groups in total. The van der Waals surface area contributed by atoms with E-state index in [0.29, 0.717) is 6.42 Å². The summed E-state index contributed by atoms with van der Waals surface area (Å²) < 4.78 is 45.7. The lowest BCUT2D eigenvalue weighted by Gasteiger charge is -2.26. The minimum atomic E-state index is -4.24. The van der Waals surface area contributed by atoms with E-state index in [4.69, 9.17) is 4.74 Å². The highest BCUT2D eigenvalue weighted by molar-refractivity contribution is 4.74. The molecule has 0 aliphatic heterocycles. The van der Waals surface area contributed by atoms with Gasteiger partial charge in [0.25, 0.3) is 0 Å². The molecule has 0 saturated heterocycles. The molecule has 6 heteroatoms. The fraction of sp³-hybridized carbons (Fsp3) is 1.00. The van der Waals surface area contributed by atoms with Gasteiger partial charge in [-0.3, -0.25) is 0 Å². The van der Waals surface area contributed by atoms with Gasteiger partial charge in [-0.2, -0.15) is 13.2 Å². The van der Waals surface area contributed by atoms with Gasteiger partial charge in [-0.05, 0) is 39.7 Å². The van der Waals surface area contributed by atoms with Crippen LogP contribution >= 0.6 is 0 Å². The SMILES string of the molecule is CCNC(CCOCC(F)(F)F)CCC(C)(C)OC. The van der Waals surface area contributed by atoms with Gasteiger partial charge in [-0.15, -0.1) is 0 Å². The minimum absolute atomic E-state index is 0.116. The summed E-state index contributed by atoms with van der Waals surface area (Å²) in [5.41, 5.74) is -0.208. The molecule has 0 aromatic rings. The topological polar surface area (TPSA) is 30.5 Å². The molecule has 0 aromatic heterocycles. The standard InChI is InChI=1S/C13H26F3NO2/c1-5-17-11(6-8-12(2,3)18-4)7-9-19-10-13(14,15)16/h11,17H,5-10H2,1-4H3. The van der Waals surface area contributed by atoms with Gasteiger partial charge in [0.2, 0.25) is 0 Å². The van der Waals surface area contributed by atoms with Crippen molar-refractivity contribution in [2.45, 2.75) is 57.9 Å². The van der Waals surface area contributed by atoms with Crippen LogP contribution in [0.4, 0.5) is 13.2 Å². The second-order valence-electron chi connectivity index (χ2n) is 5.21. The third-order valence-corrected chi connectivity index (χ3v) is 3.02. The van der Waals surface area contributed by atoms with Gasteiger partial charge in [0.05, 0.1) is 5.60 Å². The van der Waals surface area contributed by atoms with E-state index in [-0.39, 0.29) is 18.2 Å². The van der Waals surface area contributed by atoms with E-state index in [2.05, 4.69) is 10.1 Å². The van der Waals surface area contributed by atoms with Crippen LogP contribution in [-0.2, 0) is 9.47 Å². The van der Waals surface area contributed by atoms with Crippen molar-refractivity contribution < 1.29 is 22.6 Å². The molecule has 0 aliphatic carbocycles. The van der Waals surface area contributed by atoms with Crippen molar-refractivity contribution in [1.29, 1.82) is 0 Å². The summed E-state index contributed by atoms with van der Waals surface area (Å²) in [5, 5.41) is 3.26. The Kier molecular flexibility index (Phi) is 8.61. The number of nitrogens with one attached hydrogen (secondary N) is 1. The third-order valence-electron chi connectivity index (χ3n) is 3.02. The van der Waals surface area contributed by atoms with Crippen molar-refractivity contribution in [2.75, 3.05) is 26.9 Å². The Morgan fingerprint density at radius 2 is 1.79 bits per heavy atom. The Balaban J connectivity index is 3.92. The van der Waals surface area contributed by atoms with Gasteiger partial charge < -0.3 is 14.8 Å². The molecular weight excluding hydrogens is 259 g/mol. The summed E-state index contributed by atoms with van der Waals surface area (Å²) in [5.74, 6) is 0. The molecular formula is C13H26F3NO2. The largest absolute Gasteiger partial charge is 0.411 e. The number of halogens is 3. The summed E-state index contributed by atoms with van der Waals surface area (Å²) in [6.07, 6.45) is -1.97. The molecule has 1 unspecified atom stereocenters. The van der Waals surface area contributed by atoms with Gasteiger partial charge in [0, 0.05) is 19.8 Å². The first-order valence-electron chi connectivity index (χ1n) is 6.63. The molecule has 1 atom stereocenters. The van der Waals surface area contributed by atoms with Crippen LogP contribution < -0.4 is 5.32 Å². The van der Waals surface area contributed by atoms with E-state index in [1.54, 1.807) is 7.11 Å². The molecule has 3 nitrogen and oxygen atoms in total. The second-order valence-corrected chi connectivity index (χ2v) is 5.21. The van der Waals surface area contributed by atoms with Gasteiger partial charge in [0.15, 0.2) is 0 Å². The molecule has 0 spiro atoms. The lowest BCUT2D eigenvalue weighted by atomic mass is 9.97. The highest BCUT2D eigenvalue weighted by Crippen LogP contribution is 2.18. The lowest BCUT2D eigenvalue weighted by molar-refractivity contribution is -0.174. The van der Waals surface area contributed by atoms with Crippen LogP contribution in [0.1, 0.15) is 40.0 Å². The Hall–Kier alpha value is -0.330. The predicted octanol–water partition coefficient (Wildman–Crippen LogP) is 3.14. The fourth-order valence-corrected chi connectivity index (χ4v) is 1.67. The van der Waals surface area contributed by atoms with E-state index < -0.39 is 12.8 Å².